The first kappa shape index (κ1) is 16.3. The number of para-hydroxylation sites is 1. The molecule has 1 saturated carbocycles. The maximum Gasteiger partial charge on any atom is 0.330 e. The highest BCUT2D eigenvalue weighted by Gasteiger charge is 2.62. The molecule has 1 amide bonds. The van der Waals surface area contributed by atoms with Crippen LogP contribution in [0.3, 0.4) is 0 Å². The molecule has 2 N–H and O–H groups in total. The Morgan fingerprint density at radius 3 is 2.50 bits per heavy atom. The number of carbonyl (C=O) groups excluding carboxylic acids is 1. The van der Waals surface area contributed by atoms with Crippen molar-refractivity contribution in [3.05, 3.63) is 65.2 Å². The van der Waals surface area contributed by atoms with E-state index in [9.17, 15) is 14.7 Å². The fourth-order valence-corrected chi connectivity index (χ4v) is 2.96. The first-order valence-electron chi connectivity index (χ1n) is 7.49. The average molecular weight is 346 g/mol. The highest BCUT2D eigenvalue weighted by Crippen LogP contribution is 2.51. The van der Waals surface area contributed by atoms with Gasteiger partial charge >= 0.3 is 5.97 Å². The molecule has 2 unspecified atom stereocenters. The summed E-state index contributed by atoms with van der Waals surface area (Å²) in [6.07, 6.45) is 0.365. The zero-order chi connectivity index (χ0) is 17.2. The van der Waals surface area contributed by atoms with Gasteiger partial charge in [0.15, 0.2) is 6.61 Å². The monoisotopic (exact) mass is 345 g/mol. The summed E-state index contributed by atoms with van der Waals surface area (Å²) >= 11 is 5.96. The first-order chi connectivity index (χ1) is 11.5. The van der Waals surface area contributed by atoms with Crippen molar-refractivity contribution in [3.8, 4) is 5.75 Å². The third-order valence-electron chi connectivity index (χ3n) is 4.10. The van der Waals surface area contributed by atoms with E-state index in [4.69, 9.17) is 16.3 Å². The Labute approximate surface area is 144 Å². The quantitative estimate of drug-likeness (QED) is 0.844. The number of carbonyl (C=O) groups is 2. The lowest BCUT2D eigenvalue weighted by molar-refractivity contribution is -0.143. The van der Waals surface area contributed by atoms with E-state index in [-0.39, 0.29) is 12.5 Å². The molecular weight excluding hydrogens is 330 g/mol. The zero-order valence-electron chi connectivity index (χ0n) is 12.7. The van der Waals surface area contributed by atoms with Gasteiger partial charge in [0.2, 0.25) is 0 Å². The number of ether oxygens (including phenoxy) is 1. The summed E-state index contributed by atoms with van der Waals surface area (Å²) in [6, 6.07) is 16.1. The van der Waals surface area contributed by atoms with Crippen LogP contribution in [0.25, 0.3) is 0 Å². The molecule has 6 heteroatoms. The molecule has 0 heterocycles. The summed E-state index contributed by atoms with van der Waals surface area (Å²) in [5.41, 5.74) is -0.366. The minimum absolute atomic E-state index is 0.236. The van der Waals surface area contributed by atoms with Gasteiger partial charge < -0.3 is 15.2 Å². The van der Waals surface area contributed by atoms with Crippen molar-refractivity contribution < 1.29 is 19.4 Å². The predicted molar refractivity (Wildman–Crippen MR) is 89.3 cm³/mol. The molecule has 5 nitrogen and oxygen atoms in total. The molecule has 0 saturated heterocycles. The van der Waals surface area contributed by atoms with Crippen molar-refractivity contribution in [2.24, 2.45) is 0 Å². The fourth-order valence-electron chi connectivity index (χ4n) is 2.77. The van der Waals surface area contributed by atoms with Gasteiger partial charge in [-0.25, -0.2) is 4.79 Å². The lowest BCUT2D eigenvalue weighted by atomic mass is 10.1. The van der Waals surface area contributed by atoms with Crippen LogP contribution in [0.2, 0.25) is 5.02 Å². The zero-order valence-corrected chi connectivity index (χ0v) is 13.5. The number of benzene rings is 2. The Bertz CT molecular complexity index is 765. The second kappa shape index (κ2) is 6.53. The molecule has 0 aromatic heterocycles. The number of aliphatic carboxylic acids is 1. The Morgan fingerprint density at radius 1 is 1.17 bits per heavy atom. The number of amides is 1. The molecule has 0 bridgehead atoms. The molecule has 1 aliphatic carbocycles. The molecule has 1 aliphatic rings. The number of hydrogen-bond donors (Lipinski definition) is 2. The summed E-state index contributed by atoms with van der Waals surface area (Å²) in [7, 11) is 0. The van der Waals surface area contributed by atoms with Crippen LogP contribution in [0.5, 0.6) is 5.75 Å². The third-order valence-corrected chi connectivity index (χ3v) is 4.41. The van der Waals surface area contributed by atoms with Crippen molar-refractivity contribution >= 4 is 23.5 Å². The van der Waals surface area contributed by atoms with Crippen LogP contribution in [0, 0.1) is 0 Å². The molecular formula is C18H16ClNO4. The Hall–Kier alpha value is -2.53. The van der Waals surface area contributed by atoms with Gasteiger partial charge in [-0.05, 0) is 24.1 Å². The van der Waals surface area contributed by atoms with Gasteiger partial charge in [-0.1, -0.05) is 54.1 Å². The van der Waals surface area contributed by atoms with Crippen molar-refractivity contribution in [1.82, 2.24) is 5.32 Å². The minimum atomic E-state index is -1.26. The fraction of sp³-hybridized carbons (Fsp3) is 0.222. The van der Waals surface area contributed by atoms with Crippen molar-refractivity contribution in [2.75, 3.05) is 6.61 Å². The molecule has 2 atom stereocenters. The van der Waals surface area contributed by atoms with Crippen LogP contribution in [0.1, 0.15) is 17.9 Å². The minimum Gasteiger partial charge on any atom is -0.482 e. The summed E-state index contributed by atoms with van der Waals surface area (Å²) in [6.45, 7) is -0.291. The molecule has 24 heavy (non-hydrogen) atoms. The third kappa shape index (κ3) is 3.21. The highest BCUT2D eigenvalue weighted by atomic mass is 35.5. The van der Waals surface area contributed by atoms with Gasteiger partial charge in [0.25, 0.3) is 5.91 Å². The Morgan fingerprint density at radius 2 is 1.83 bits per heavy atom. The molecule has 0 radical (unpaired) electrons. The van der Waals surface area contributed by atoms with Crippen LogP contribution in [-0.4, -0.2) is 29.1 Å². The number of nitrogens with one attached hydrogen (secondary N) is 1. The molecule has 124 valence electrons. The maximum atomic E-state index is 12.1. The largest absolute Gasteiger partial charge is 0.482 e. The second-order valence-electron chi connectivity index (χ2n) is 5.71. The van der Waals surface area contributed by atoms with Crippen LogP contribution in [0.15, 0.2) is 54.6 Å². The smallest absolute Gasteiger partial charge is 0.330 e. The van der Waals surface area contributed by atoms with E-state index in [1.54, 1.807) is 24.3 Å². The molecule has 1 fully saturated rings. The van der Waals surface area contributed by atoms with Gasteiger partial charge in [-0.3, -0.25) is 4.79 Å². The van der Waals surface area contributed by atoms with Gasteiger partial charge in [0.1, 0.15) is 11.3 Å². The van der Waals surface area contributed by atoms with E-state index in [2.05, 4.69) is 5.32 Å². The van der Waals surface area contributed by atoms with Crippen molar-refractivity contribution in [1.29, 1.82) is 0 Å². The predicted octanol–water partition coefficient (Wildman–Crippen LogP) is 2.85. The van der Waals surface area contributed by atoms with E-state index in [0.717, 1.165) is 5.56 Å². The van der Waals surface area contributed by atoms with E-state index >= 15 is 0 Å². The van der Waals surface area contributed by atoms with Crippen LogP contribution in [0.4, 0.5) is 0 Å². The number of carboxylic acid groups (broad SMARTS) is 1. The first-order valence-corrected chi connectivity index (χ1v) is 7.87. The molecule has 2 aromatic rings. The summed E-state index contributed by atoms with van der Waals surface area (Å²) in [5, 5.41) is 12.5. The average Bonchev–Trinajstić information content (AvgIpc) is 3.30. The molecule has 3 rings (SSSR count). The molecule has 0 spiro atoms. The SMILES string of the molecule is O=C(COc1ccccc1Cl)NC1(C(=O)O)CC1c1ccccc1. The van der Waals surface area contributed by atoms with Crippen LogP contribution < -0.4 is 10.1 Å². The van der Waals surface area contributed by atoms with E-state index in [1.165, 1.54) is 0 Å². The lowest BCUT2D eigenvalue weighted by Crippen LogP contribution is -2.46. The maximum absolute atomic E-state index is 12.1. The van der Waals surface area contributed by atoms with Gasteiger partial charge in [-0.15, -0.1) is 0 Å². The van der Waals surface area contributed by atoms with Gasteiger partial charge in [0.05, 0.1) is 5.02 Å². The normalized spacial score (nSPS) is 21.8. The number of hydrogen-bond acceptors (Lipinski definition) is 3. The van der Waals surface area contributed by atoms with E-state index in [0.29, 0.717) is 17.2 Å². The number of halogens is 1. The van der Waals surface area contributed by atoms with E-state index in [1.807, 2.05) is 30.3 Å². The van der Waals surface area contributed by atoms with Crippen LogP contribution >= 0.6 is 11.6 Å². The lowest BCUT2D eigenvalue weighted by Gasteiger charge is -2.16. The number of rotatable bonds is 6. The topological polar surface area (TPSA) is 75.6 Å². The highest BCUT2D eigenvalue weighted by molar-refractivity contribution is 6.32. The summed E-state index contributed by atoms with van der Waals surface area (Å²) < 4.78 is 5.36. The molecule has 0 aliphatic heterocycles. The summed E-state index contributed by atoms with van der Waals surface area (Å²) in [4.78, 5) is 23.8. The van der Waals surface area contributed by atoms with Crippen molar-refractivity contribution in [3.63, 3.8) is 0 Å². The Kier molecular flexibility index (Phi) is 4.44. The van der Waals surface area contributed by atoms with Crippen LogP contribution in [-0.2, 0) is 9.59 Å². The summed E-state index contributed by atoms with van der Waals surface area (Å²) in [5.74, 6) is -1.38. The van der Waals surface area contributed by atoms with Gasteiger partial charge in [-0.2, -0.15) is 0 Å². The standard InChI is InChI=1S/C18H16ClNO4/c19-14-8-4-5-9-15(14)24-11-16(21)20-18(17(22)23)10-13(18)12-6-2-1-3-7-12/h1-9,13H,10-11H2,(H,20,21)(H,22,23). The molecule has 2 aromatic carbocycles. The number of carboxylic acids is 1. The van der Waals surface area contributed by atoms with Gasteiger partial charge in [0, 0.05) is 5.92 Å². The second-order valence-corrected chi connectivity index (χ2v) is 6.12. The van der Waals surface area contributed by atoms with E-state index < -0.39 is 17.4 Å². The van der Waals surface area contributed by atoms with Crippen molar-refractivity contribution in [2.45, 2.75) is 17.9 Å². The Balaban J connectivity index is 1.64.